The van der Waals surface area contributed by atoms with Crippen LogP contribution in [-0.4, -0.2) is 11.0 Å². The molecule has 134 valence electrons. The van der Waals surface area contributed by atoms with Crippen LogP contribution in [0.4, 0.5) is 10.8 Å². The fraction of sp³-hybridized carbons (Fsp3) is 0.500. The van der Waals surface area contributed by atoms with Crippen LogP contribution >= 0.6 is 11.3 Å². The molecule has 4 nitrogen and oxygen atoms in total. The molecular weight excluding hydrogens is 332 g/mol. The van der Waals surface area contributed by atoms with Crippen molar-refractivity contribution in [2.75, 3.05) is 5.32 Å². The summed E-state index contributed by atoms with van der Waals surface area (Å²) in [6, 6.07) is 8.12. The van der Waals surface area contributed by atoms with Gasteiger partial charge in [0.1, 0.15) is 0 Å². The number of thiazole rings is 1. The Balaban J connectivity index is 1.71. The zero-order valence-corrected chi connectivity index (χ0v) is 16.2. The van der Waals surface area contributed by atoms with E-state index >= 15 is 0 Å². The molecule has 3 rings (SSSR count). The van der Waals surface area contributed by atoms with Crippen molar-refractivity contribution >= 4 is 28.1 Å². The monoisotopic (exact) mass is 358 g/mol. The summed E-state index contributed by atoms with van der Waals surface area (Å²) in [4.78, 5) is 17.0. The van der Waals surface area contributed by atoms with Crippen molar-refractivity contribution in [2.45, 2.75) is 52.6 Å². The Hall–Kier alpha value is -1.88. The lowest BCUT2D eigenvalue weighted by atomic mass is 9.89. The first-order valence-corrected chi connectivity index (χ1v) is 9.77. The van der Waals surface area contributed by atoms with Gasteiger partial charge < -0.3 is 10.1 Å². The first-order chi connectivity index (χ1) is 11.9. The van der Waals surface area contributed by atoms with Gasteiger partial charge in [-0.3, -0.25) is 4.79 Å². The van der Waals surface area contributed by atoms with Gasteiger partial charge in [-0.25, -0.2) is 4.98 Å². The minimum absolute atomic E-state index is 0.0122. The third-order valence-electron chi connectivity index (χ3n) is 4.82. The largest absolute Gasteiger partial charge is 0.453 e. The maximum absolute atomic E-state index is 12.3. The van der Waals surface area contributed by atoms with Gasteiger partial charge in [0, 0.05) is 17.5 Å². The fourth-order valence-corrected chi connectivity index (χ4v) is 4.06. The third-order valence-corrected chi connectivity index (χ3v) is 5.58. The van der Waals surface area contributed by atoms with E-state index < -0.39 is 5.60 Å². The number of esters is 1. The molecule has 0 saturated carbocycles. The second-order valence-corrected chi connectivity index (χ2v) is 8.36. The van der Waals surface area contributed by atoms with Gasteiger partial charge >= 0.3 is 5.97 Å². The summed E-state index contributed by atoms with van der Waals surface area (Å²) in [5.74, 6) is 0.510. The van der Waals surface area contributed by atoms with Gasteiger partial charge in [-0.1, -0.05) is 38.5 Å². The fourth-order valence-electron chi connectivity index (χ4n) is 3.21. The van der Waals surface area contributed by atoms with E-state index in [0.29, 0.717) is 12.3 Å². The number of anilines is 2. The maximum Gasteiger partial charge on any atom is 0.310 e. The van der Waals surface area contributed by atoms with Gasteiger partial charge in [0.05, 0.1) is 11.6 Å². The molecular formula is C20H26N2O2S. The zero-order chi connectivity index (χ0) is 18.0. The van der Waals surface area contributed by atoms with Crippen LogP contribution in [0.5, 0.6) is 0 Å². The normalized spacial score (nSPS) is 23.1. The van der Waals surface area contributed by atoms with Crippen molar-refractivity contribution in [1.29, 1.82) is 0 Å². The highest BCUT2D eigenvalue weighted by Gasteiger charge is 2.45. The SMILES string of the molecule is Cc1ccccc1Nc1nc([C@@]2(C)C[C@@H](CCC(C)C)C(=O)O2)cs1. The van der Waals surface area contributed by atoms with Gasteiger partial charge in [0.25, 0.3) is 0 Å². The van der Waals surface area contributed by atoms with E-state index in [1.807, 2.05) is 30.5 Å². The molecule has 25 heavy (non-hydrogen) atoms. The number of benzene rings is 1. The second kappa shape index (κ2) is 7.16. The summed E-state index contributed by atoms with van der Waals surface area (Å²) in [6.07, 6.45) is 2.66. The number of hydrogen-bond acceptors (Lipinski definition) is 5. The number of cyclic esters (lactones) is 1. The van der Waals surface area contributed by atoms with Crippen LogP contribution in [0.1, 0.15) is 51.3 Å². The lowest BCUT2D eigenvalue weighted by Crippen LogP contribution is -2.21. The Morgan fingerprint density at radius 1 is 1.40 bits per heavy atom. The summed E-state index contributed by atoms with van der Waals surface area (Å²) < 4.78 is 5.74. The van der Waals surface area contributed by atoms with Gasteiger partial charge in [-0.15, -0.1) is 11.3 Å². The van der Waals surface area contributed by atoms with E-state index in [4.69, 9.17) is 9.72 Å². The maximum atomic E-state index is 12.3. The number of para-hydroxylation sites is 1. The highest BCUT2D eigenvalue weighted by Crippen LogP contribution is 2.42. The molecule has 1 aliphatic heterocycles. The molecule has 1 aromatic heterocycles. The van der Waals surface area contributed by atoms with E-state index in [2.05, 4.69) is 32.2 Å². The van der Waals surface area contributed by atoms with Crippen LogP contribution in [0.3, 0.4) is 0 Å². The topological polar surface area (TPSA) is 51.2 Å². The number of nitrogens with one attached hydrogen (secondary N) is 1. The predicted molar refractivity (Wildman–Crippen MR) is 102 cm³/mol. The number of aromatic nitrogens is 1. The van der Waals surface area contributed by atoms with Crippen molar-refractivity contribution in [3.63, 3.8) is 0 Å². The average molecular weight is 359 g/mol. The van der Waals surface area contributed by atoms with Crippen LogP contribution in [0.25, 0.3) is 0 Å². The minimum atomic E-state index is -0.610. The standard InChI is InChI=1S/C20H26N2O2S/c1-13(2)9-10-15-11-20(4,24-18(15)23)17-12-25-19(22-17)21-16-8-6-5-7-14(16)3/h5-8,12-13,15H,9-11H2,1-4H3,(H,21,22)/t15-,20-/m1/s1. The number of rotatable bonds is 6. The summed E-state index contributed by atoms with van der Waals surface area (Å²) in [5.41, 5.74) is 2.45. The van der Waals surface area contributed by atoms with Crippen molar-refractivity contribution in [2.24, 2.45) is 11.8 Å². The number of hydrogen-bond donors (Lipinski definition) is 1. The Kier molecular flexibility index (Phi) is 5.13. The molecule has 2 heterocycles. The zero-order valence-electron chi connectivity index (χ0n) is 15.3. The van der Waals surface area contributed by atoms with Crippen molar-refractivity contribution in [3.8, 4) is 0 Å². The first-order valence-electron chi connectivity index (χ1n) is 8.89. The number of ether oxygens (including phenoxy) is 1. The smallest absolute Gasteiger partial charge is 0.310 e. The highest BCUT2D eigenvalue weighted by molar-refractivity contribution is 7.13. The van der Waals surface area contributed by atoms with Crippen LogP contribution < -0.4 is 5.32 Å². The molecule has 0 amide bonds. The number of nitrogens with zero attached hydrogens (tertiary/aromatic N) is 1. The number of carbonyl (C=O) groups excluding carboxylic acids is 1. The summed E-state index contributed by atoms with van der Waals surface area (Å²) in [7, 11) is 0. The Morgan fingerprint density at radius 3 is 2.88 bits per heavy atom. The number of aryl methyl sites for hydroxylation is 1. The second-order valence-electron chi connectivity index (χ2n) is 7.50. The first kappa shape index (κ1) is 17.9. The number of carbonyl (C=O) groups is 1. The molecule has 0 unspecified atom stereocenters. The van der Waals surface area contributed by atoms with Crippen LogP contribution in [0, 0.1) is 18.8 Å². The average Bonchev–Trinajstić information content (AvgIpc) is 3.13. The molecule has 2 atom stereocenters. The van der Waals surface area contributed by atoms with Gasteiger partial charge in [0.15, 0.2) is 10.7 Å². The van der Waals surface area contributed by atoms with Crippen LogP contribution in [0.15, 0.2) is 29.6 Å². The van der Waals surface area contributed by atoms with Crippen molar-refractivity contribution in [1.82, 2.24) is 4.98 Å². The van der Waals surface area contributed by atoms with Crippen LogP contribution in [-0.2, 0) is 15.1 Å². The van der Waals surface area contributed by atoms with E-state index in [0.717, 1.165) is 29.4 Å². The molecule has 1 aromatic carbocycles. The van der Waals surface area contributed by atoms with E-state index in [1.165, 1.54) is 5.56 Å². The van der Waals surface area contributed by atoms with Gasteiger partial charge in [0.2, 0.25) is 0 Å². The Labute approximate surface area is 153 Å². The highest BCUT2D eigenvalue weighted by atomic mass is 32.1. The van der Waals surface area contributed by atoms with Gasteiger partial charge in [-0.2, -0.15) is 0 Å². The van der Waals surface area contributed by atoms with Crippen molar-refractivity contribution < 1.29 is 9.53 Å². The molecule has 1 N–H and O–H groups in total. The van der Waals surface area contributed by atoms with E-state index in [9.17, 15) is 4.79 Å². The lowest BCUT2D eigenvalue weighted by Gasteiger charge is -2.20. The molecule has 1 aliphatic rings. The minimum Gasteiger partial charge on any atom is -0.453 e. The summed E-state index contributed by atoms with van der Waals surface area (Å²) in [6.45, 7) is 8.41. The molecule has 1 saturated heterocycles. The van der Waals surface area contributed by atoms with Crippen molar-refractivity contribution in [3.05, 3.63) is 40.9 Å². The molecule has 5 heteroatoms. The third kappa shape index (κ3) is 4.03. The van der Waals surface area contributed by atoms with Crippen LogP contribution in [0.2, 0.25) is 0 Å². The molecule has 0 radical (unpaired) electrons. The Morgan fingerprint density at radius 2 is 2.16 bits per heavy atom. The molecule has 0 spiro atoms. The molecule has 2 aromatic rings. The van der Waals surface area contributed by atoms with Gasteiger partial charge in [-0.05, 0) is 37.8 Å². The summed E-state index contributed by atoms with van der Waals surface area (Å²) in [5, 5.41) is 6.19. The molecule has 0 bridgehead atoms. The lowest BCUT2D eigenvalue weighted by molar-refractivity contribution is -0.150. The summed E-state index contributed by atoms with van der Waals surface area (Å²) >= 11 is 1.55. The quantitative estimate of drug-likeness (QED) is 0.702. The molecule has 1 fully saturated rings. The van der Waals surface area contributed by atoms with E-state index in [-0.39, 0.29) is 11.9 Å². The Bertz CT molecular complexity index is 756. The van der Waals surface area contributed by atoms with E-state index in [1.54, 1.807) is 11.3 Å². The molecule has 0 aliphatic carbocycles. The predicted octanol–water partition coefficient (Wildman–Crippen LogP) is 5.41.